The zero-order valence-electron chi connectivity index (χ0n) is 15.9. The number of para-hydroxylation sites is 1. The molecule has 0 saturated carbocycles. The van der Waals surface area contributed by atoms with E-state index >= 15 is 0 Å². The highest BCUT2D eigenvalue weighted by molar-refractivity contribution is 6.06. The number of pyridine rings is 1. The van der Waals surface area contributed by atoms with Crippen LogP contribution in [0.15, 0.2) is 47.4 Å². The van der Waals surface area contributed by atoms with Gasteiger partial charge in [0.2, 0.25) is 5.43 Å². The molecule has 1 aromatic heterocycles. The van der Waals surface area contributed by atoms with Crippen molar-refractivity contribution < 1.29 is 31.1 Å². The summed E-state index contributed by atoms with van der Waals surface area (Å²) >= 11 is 0. The van der Waals surface area contributed by atoms with Crippen molar-refractivity contribution in [3.8, 4) is 0 Å². The fourth-order valence-electron chi connectivity index (χ4n) is 3.80. The number of hydrogen-bond acceptors (Lipinski definition) is 2. The number of carbonyl (C=O) groups excluding carboxylic acids is 1. The summed E-state index contributed by atoms with van der Waals surface area (Å²) in [5.41, 5.74) is -3.28. The first kappa shape index (κ1) is 21.0. The molecule has 10 heteroatoms. The topological polar surface area (TPSA) is 51.1 Å². The highest BCUT2D eigenvalue weighted by Gasteiger charge is 2.37. The lowest BCUT2D eigenvalue weighted by molar-refractivity contribution is -0.143. The summed E-state index contributed by atoms with van der Waals surface area (Å²) in [6.07, 6.45) is -8.19. The van der Waals surface area contributed by atoms with Gasteiger partial charge in [-0.2, -0.15) is 26.3 Å². The average molecular weight is 440 g/mol. The van der Waals surface area contributed by atoms with Crippen LogP contribution in [0.5, 0.6) is 0 Å². The van der Waals surface area contributed by atoms with Crippen LogP contribution >= 0.6 is 0 Å². The summed E-state index contributed by atoms with van der Waals surface area (Å²) in [5.74, 6) is -1.09. The quantitative estimate of drug-likeness (QED) is 0.542. The number of halogens is 6. The predicted molar refractivity (Wildman–Crippen MR) is 101 cm³/mol. The molecule has 31 heavy (non-hydrogen) atoms. The number of amides is 1. The summed E-state index contributed by atoms with van der Waals surface area (Å²) in [7, 11) is 0. The number of benzene rings is 2. The van der Waals surface area contributed by atoms with E-state index in [1.54, 1.807) is 10.6 Å². The highest BCUT2D eigenvalue weighted by atomic mass is 19.4. The maximum Gasteiger partial charge on any atom is 0.416 e. The van der Waals surface area contributed by atoms with Gasteiger partial charge in [0, 0.05) is 23.3 Å². The van der Waals surface area contributed by atoms with Gasteiger partial charge in [0.05, 0.1) is 16.6 Å². The molecular weight excluding hydrogens is 426 g/mol. The summed E-state index contributed by atoms with van der Waals surface area (Å²) in [6, 6.07) is 5.71. The van der Waals surface area contributed by atoms with Gasteiger partial charge in [0.15, 0.2) is 0 Å². The van der Waals surface area contributed by atoms with Gasteiger partial charge in [0.25, 0.3) is 5.91 Å². The highest BCUT2D eigenvalue weighted by Crippen LogP contribution is 2.38. The molecule has 1 unspecified atom stereocenters. The molecule has 3 aromatic rings. The van der Waals surface area contributed by atoms with E-state index in [2.05, 4.69) is 0 Å². The van der Waals surface area contributed by atoms with Gasteiger partial charge in [0.1, 0.15) is 5.56 Å². The Morgan fingerprint density at radius 3 is 2.23 bits per heavy atom. The Labute approximate surface area is 171 Å². The number of rotatable bonds is 2. The minimum Gasteiger partial charge on any atom is -0.343 e. The molecule has 162 valence electrons. The van der Waals surface area contributed by atoms with Gasteiger partial charge < -0.3 is 9.88 Å². The number of hydrogen-bond donors (Lipinski definition) is 1. The molecule has 0 radical (unpaired) electrons. The largest absolute Gasteiger partial charge is 0.416 e. The van der Waals surface area contributed by atoms with Gasteiger partial charge in [-0.15, -0.1) is 0 Å². The monoisotopic (exact) mass is 440 g/mol. The van der Waals surface area contributed by atoms with E-state index in [0.717, 1.165) is 5.56 Å². The third-order valence-electron chi connectivity index (χ3n) is 5.22. The van der Waals surface area contributed by atoms with Crippen molar-refractivity contribution in [2.45, 2.75) is 31.7 Å². The van der Waals surface area contributed by atoms with E-state index in [4.69, 9.17) is 0 Å². The molecule has 0 fully saturated rings. The van der Waals surface area contributed by atoms with Crippen LogP contribution in [0.1, 0.15) is 40.0 Å². The Bertz CT molecular complexity index is 1240. The molecule has 2 aromatic carbocycles. The molecule has 1 amide bonds. The Morgan fingerprint density at radius 1 is 1.03 bits per heavy atom. The molecule has 1 aliphatic rings. The van der Waals surface area contributed by atoms with Gasteiger partial charge >= 0.3 is 12.4 Å². The third-order valence-corrected chi connectivity index (χ3v) is 5.22. The van der Waals surface area contributed by atoms with Gasteiger partial charge in [-0.05, 0) is 43.2 Å². The van der Waals surface area contributed by atoms with Crippen molar-refractivity contribution in [3.63, 3.8) is 0 Å². The molecule has 0 saturated heterocycles. The minimum absolute atomic E-state index is 0.0373. The predicted octanol–water partition coefficient (Wildman–Crippen LogP) is 5.41. The summed E-state index contributed by atoms with van der Waals surface area (Å²) in [4.78, 5) is 25.5. The van der Waals surface area contributed by atoms with E-state index in [9.17, 15) is 35.9 Å². The summed E-state index contributed by atoms with van der Waals surface area (Å²) < 4.78 is 80.0. The van der Waals surface area contributed by atoms with Crippen molar-refractivity contribution in [2.75, 3.05) is 5.32 Å². The number of nitrogens with one attached hydrogen (secondary N) is 1. The van der Waals surface area contributed by atoms with E-state index in [1.165, 1.54) is 12.3 Å². The Balaban J connectivity index is 1.79. The molecule has 0 aliphatic carbocycles. The van der Waals surface area contributed by atoms with E-state index in [-0.39, 0.29) is 23.1 Å². The molecule has 1 atom stereocenters. The van der Waals surface area contributed by atoms with Crippen LogP contribution < -0.4 is 10.7 Å². The van der Waals surface area contributed by atoms with E-state index in [1.807, 2.05) is 18.3 Å². The van der Waals surface area contributed by atoms with Gasteiger partial charge in [-0.1, -0.05) is 12.1 Å². The third kappa shape index (κ3) is 3.66. The molecule has 4 rings (SSSR count). The van der Waals surface area contributed by atoms with Crippen LogP contribution in [0.2, 0.25) is 0 Å². The molecular formula is C21H14F6N2O2. The first-order valence-corrected chi connectivity index (χ1v) is 9.14. The Morgan fingerprint density at radius 2 is 1.65 bits per heavy atom. The number of nitrogens with zero attached hydrogens (tertiary/aromatic N) is 1. The number of carbonyl (C=O) groups is 1. The maximum absolute atomic E-state index is 13.0. The second kappa shape index (κ2) is 6.86. The van der Waals surface area contributed by atoms with Gasteiger partial charge in [-0.3, -0.25) is 9.59 Å². The zero-order valence-corrected chi connectivity index (χ0v) is 15.9. The normalized spacial score (nSPS) is 16.0. The van der Waals surface area contributed by atoms with Crippen LogP contribution in [0.4, 0.5) is 32.0 Å². The number of alkyl halides is 6. The zero-order chi connectivity index (χ0) is 22.7. The first-order chi connectivity index (χ1) is 14.4. The van der Waals surface area contributed by atoms with Crippen molar-refractivity contribution in [2.24, 2.45) is 0 Å². The van der Waals surface area contributed by atoms with E-state index < -0.39 is 40.5 Å². The minimum atomic E-state index is -5.05. The van der Waals surface area contributed by atoms with Crippen molar-refractivity contribution in [1.82, 2.24) is 4.57 Å². The fraction of sp³-hybridized carbons (Fsp3) is 0.238. The van der Waals surface area contributed by atoms with Crippen molar-refractivity contribution in [1.29, 1.82) is 0 Å². The van der Waals surface area contributed by atoms with E-state index in [0.29, 0.717) is 24.1 Å². The molecule has 2 heterocycles. The van der Waals surface area contributed by atoms with Crippen molar-refractivity contribution in [3.05, 3.63) is 75.1 Å². The average Bonchev–Trinajstić information content (AvgIpc) is 2.99. The molecule has 1 N–H and O–H groups in total. The lowest BCUT2D eigenvalue weighted by atomic mass is 10.1. The Kier molecular flexibility index (Phi) is 4.64. The summed E-state index contributed by atoms with van der Waals surface area (Å²) in [5, 5.41) is 2.28. The lowest BCUT2D eigenvalue weighted by Gasteiger charge is -2.15. The standard InChI is InChI=1S/C21H14F6N2O2/c1-10-5-11-3-2-4-15-17(11)29(10)9-16(18(15)30)19(31)28-14-7-12(20(22,23)24)6-13(8-14)21(25,26)27/h2-4,6-10H,5H2,1H3,(H,28,31). The second-order valence-electron chi connectivity index (χ2n) is 7.39. The van der Waals surface area contributed by atoms with Crippen LogP contribution in [0.3, 0.4) is 0 Å². The molecule has 0 bridgehead atoms. The van der Waals surface area contributed by atoms with Crippen LogP contribution in [-0.2, 0) is 18.8 Å². The lowest BCUT2D eigenvalue weighted by Crippen LogP contribution is -2.24. The molecule has 1 aliphatic heterocycles. The fourth-order valence-corrected chi connectivity index (χ4v) is 3.80. The second-order valence-corrected chi connectivity index (χ2v) is 7.39. The summed E-state index contributed by atoms with van der Waals surface area (Å²) in [6.45, 7) is 1.87. The first-order valence-electron chi connectivity index (χ1n) is 9.14. The molecule has 4 nitrogen and oxygen atoms in total. The van der Waals surface area contributed by atoms with Crippen LogP contribution in [-0.4, -0.2) is 10.5 Å². The maximum atomic E-state index is 13.0. The van der Waals surface area contributed by atoms with Gasteiger partial charge in [-0.25, -0.2) is 0 Å². The van der Waals surface area contributed by atoms with Crippen LogP contribution in [0, 0.1) is 0 Å². The van der Waals surface area contributed by atoms with Crippen molar-refractivity contribution >= 4 is 22.5 Å². The SMILES string of the molecule is CC1Cc2cccc3c(=O)c(C(=O)Nc4cc(C(F)(F)F)cc(C(F)(F)F)c4)cn1c23. The van der Waals surface area contributed by atoms with Crippen LogP contribution in [0.25, 0.3) is 10.9 Å². The molecule has 0 spiro atoms. The smallest absolute Gasteiger partial charge is 0.343 e. The Hall–Kier alpha value is -3.30. The number of anilines is 1. The number of aromatic nitrogens is 1.